The molecule has 0 heterocycles. The fraction of sp³-hybridized carbons (Fsp3) is 0.667. The number of rotatable bonds is 9. The molecule has 0 rings (SSSR count). The van der Waals surface area contributed by atoms with Gasteiger partial charge >= 0.3 is 12.0 Å². The van der Waals surface area contributed by atoms with Gasteiger partial charge in [-0.3, -0.25) is 4.79 Å². The normalized spacial score (nSPS) is 12.4. The maximum absolute atomic E-state index is 11.3. The van der Waals surface area contributed by atoms with Crippen LogP contribution in [0.2, 0.25) is 0 Å². The van der Waals surface area contributed by atoms with Gasteiger partial charge in [0.05, 0.1) is 6.26 Å². The second kappa shape index (κ2) is 8.32. The number of amides is 3. The number of carbonyl (C=O) groups is 3. The van der Waals surface area contributed by atoms with E-state index in [0.717, 1.165) is 6.26 Å². The van der Waals surface area contributed by atoms with E-state index in [0.29, 0.717) is 0 Å². The molecule has 3 amide bonds. The third-order valence-corrected chi connectivity index (χ3v) is 2.79. The van der Waals surface area contributed by atoms with Crippen molar-refractivity contribution in [1.29, 1.82) is 0 Å². The molecule has 0 aliphatic heterocycles. The minimum atomic E-state index is -3.34. The predicted octanol–water partition coefficient (Wildman–Crippen LogP) is -2.45. The largest absolute Gasteiger partial charge is 0.480 e. The summed E-state index contributed by atoms with van der Waals surface area (Å²) in [6.07, 6.45) is 0.671. The van der Waals surface area contributed by atoms with Gasteiger partial charge in [0.25, 0.3) is 0 Å². The monoisotopic (exact) mass is 310 g/mol. The average Bonchev–Trinajstić information content (AvgIpc) is 2.28. The molecule has 0 spiro atoms. The van der Waals surface area contributed by atoms with Crippen LogP contribution in [-0.2, 0) is 19.6 Å². The number of nitrogens with one attached hydrogen (secondary N) is 3. The molecule has 0 aromatic rings. The summed E-state index contributed by atoms with van der Waals surface area (Å²) in [7, 11) is -3.34. The van der Waals surface area contributed by atoms with Crippen molar-refractivity contribution in [3.05, 3.63) is 0 Å². The minimum Gasteiger partial charge on any atom is -0.480 e. The van der Waals surface area contributed by atoms with Gasteiger partial charge in [0.2, 0.25) is 15.9 Å². The lowest BCUT2D eigenvalue weighted by atomic mass is 10.1. The fourth-order valence-electron chi connectivity index (χ4n) is 1.17. The van der Waals surface area contributed by atoms with Crippen molar-refractivity contribution in [2.24, 2.45) is 5.73 Å². The minimum absolute atomic E-state index is 0.0128. The van der Waals surface area contributed by atoms with Crippen molar-refractivity contribution in [2.75, 3.05) is 19.3 Å². The second-order valence-corrected chi connectivity index (χ2v) is 5.80. The summed E-state index contributed by atoms with van der Waals surface area (Å²) in [4.78, 5) is 32.7. The van der Waals surface area contributed by atoms with Crippen molar-refractivity contribution in [3.63, 3.8) is 0 Å². The molecular weight excluding hydrogens is 292 g/mol. The highest BCUT2D eigenvalue weighted by Gasteiger charge is 2.20. The quantitative estimate of drug-likeness (QED) is 0.296. The summed E-state index contributed by atoms with van der Waals surface area (Å²) >= 11 is 0. The molecule has 0 fully saturated rings. The number of hydrogen-bond donors (Lipinski definition) is 5. The molecular formula is C9H18N4O6S. The van der Waals surface area contributed by atoms with Crippen LogP contribution in [0.25, 0.3) is 0 Å². The van der Waals surface area contributed by atoms with E-state index in [4.69, 9.17) is 10.8 Å². The summed E-state index contributed by atoms with van der Waals surface area (Å²) < 4.78 is 23.6. The van der Waals surface area contributed by atoms with E-state index in [1.165, 1.54) is 0 Å². The van der Waals surface area contributed by atoms with Crippen LogP contribution in [0.15, 0.2) is 0 Å². The molecule has 20 heavy (non-hydrogen) atoms. The number of carboxylic acid groups (broad SMARTS) is 1. The van der Waals surface area contributed by atoms with Gasteiger partial charge < -0.3 is 21.5 Å². The third kappa shape index (κ3) is 10.1. The Labute approximate surface area is 116 Å². The molecule has 0 saturated heterocycles. The molecule has 0 aromatic heterocycles. The Morgan fingerprint density at radius 1 is 1.25 bits per heavy atom. The van der Waals surface area contributed by atoms with Gasteiger partial charge in [-0.15, -0.1) is 0 Å². The summed E-state index contributed by atoms with van der Waals surface area (Å²) in [5.41, 5.74) is 4.89. The van der Waals surface area contributed by atoms with E-state index >= 15 is 0 Å². The highest BCUT2D eigenvalue weighted by atomic mass is 32.2. The lowest BCUT2D eigenvalue weighted by Crippen LogP contribution is -2.47. The van der Waals surface area contributed by atoms with Gasteiger partial charge in [-0.25, -0.2) is 22.7 Å². The van der Waals surface area contributed by atoms with Crippen molar-refractivity contribution in [2.45, 2.75) is 18.9 Å². The molecule has 0 aliphatic rings. The van der Waals surface area contributed by atoms with Crippen molar-refractivity contribution >= 4 is 27.9 Å². The zero-order chi connectivity index (χ0) is 15.8. The van der Waals surface area contributed by atoms with Gasteiger partial charge in [-0.2, -0.15) is 0 Å². The number of sulfonamides is 1. The maximum atomic E-state index is 11.3. The Morgan fingerprint density at radius 2 is 1.85 bits per heavy atom. The number of carboxylic acids is 1. The summed E-state index contributed by atoms with van der Waals surface area (Å²) in [5.74, 6) is -1.97. The lowest BCUT2D eigenvalue weighted by molar-refractivity contribution is -0.139. The summed E-state index contributed by atoms with van der Waals surface area (Å²) in [5, 5.41) is 13.2. The maximum Gasteiger partial charge on any atom is 0.326 e. The van der Waals surface area contributed by atoms with E-state index < -0.39 is 34.0 Å². The van der Waals surface area contributed by atoms with Crippen molar-refractivity contribution in [1.82, 2.24) is 15.4 Å². The summed E-state index contributed by atoms with van der Waals surface area (Å²) in [6, 6.07) is -2.03. The molecule has 0 aromatic carbocycles. The van der Waals surface area contributed by atoms with Crippen LogP contribution in [0.4, 0.5) is 4.79 Å². The van der Waals surface area contributed by atoms with Crippen molar-refractivity contribution in [3.8, 4) is 0 Å². The number of carbonyl (C=O) groups excluding carboxylic acids is 2. The van der Waals surface area contributed by atoms with Crippen LogP contribution in [-0.4, -0.2) is 56.8 Å². The first-order valence-corrected chi connectivity index (χ1v) is 7.51. The number of primary amides is 1. The topological polar surface area (TPSA) is 168 Å². The van der Waals surface area contributed by atoms with Gasteiger partial charge in [-0.05, 0) is 6.42 Å². The highest BCUT2D eigenvalue weighted by molar-refractivity contribution is 7.88. The molecule has 0 bridgehead atoms. The molecule has 116 valence electrons. The Kier molecular flexibility index (Phi) is 7.54. The van der Waals surface area contributed by atoms with Crippen LogP contribution in [0.5, 0.6) is 0 Å². The zero-order valence-electron chi connectivity index (χ0n) is 10.9. The van der Waals surface area contributed by atoms with Crippen LogP contribution < -0.4 is 21.1 Å². The van der Waals surface area contributed by atoms with Crippen LogP contribution >= 0.6 is 0 Å². The number of hydrogen-bond acceptors (Lipinski definition) is 5. The third-order valence-electron chi connectivity index (χ3n) is 2.06. The molecule has 0 radical (unpaired) electrons. The first-order chi connectivity index (χ1) is 9.11. The van der Waals surface area contributed by atoms with E-state index in [2.05, 4.69) is 15.4 Å². The van der Waals surface area contributed by atoms with Crippen molar-refractivity contribution < 1.29 is 27.9 Å². The SMILES string of the molecule is CS(=O)(=O)NCCNC(=O)NC(CCC(N)=O)C(=O)O. The first kappa shape index (κ1) is 18.1. The number of urea groups is 1. The Balaban J connectivity index is 4.07. The number of nitrogens with two attached hydrogens (primary N) is 1. The Bertz CT molecular complexity index is 463. The second-order valence-electron chi connectivity index (χ2n) is 3.96. The molecule has 10 nitrogen and oxygen atoms in total. The Morgan fingerprint density at radius 3 is 2.30 bits per heavy atom. The number of aliphatic carboxylic acids is 1. The predicted molar refractivity (Wildman–Crippen MR) is 69.2 cm³/mol. The standard InChI is InChI=1S/C9H18N4O6S/c1-20(18,19)12-5-4-11-9(17)13-6(8(15)16)2-3-7(10)14/h6,12H,2-5H2,1H3,(H2,10,14)(H,15,16)(H2,11,13,17). The Hall–Kier alpha value is -1.88. The summed E-state index contributed by atoms with van der Waals surface area (Å²) in [6.45, 7) is -0.0354. The molecule has 1 unspecified atom stereocenters. The fourth-order valence-corrected chi connectivity index (χ4v) is 1.64. The van der Waals surface area contributed by atoms with E-state index in [1.54, 1.807) is 0 Å². The van der Waals surface area contributed by atoms with Crippen LogP contribution in [0.1, 0.15) is 12.8 Å². The molecule has 11 heteroatoms. The van der Waals surface area contributed by atoms with Crippen LogP contribution in [0, 0.1) is 0 Å². The zero-order valence-corrected chi connectivity index (χ0v) is 11.7. The van der Waals surface area contributed by atoms with Crippen LogP contribution in [0.3, 0.4) is 0 Å². The van der Waals surface area contributed by atoms with E-state index in [1.807, 2.05) is 0 Å². The highest BCUT2D eigenvalue weighted by Crippen LogP contribution is 1.97. The first-order valence-electron chi connectivity index (χ1n) is 5.62. The van der Waals surface area contributed by atoms with E-state index in [-0.39, 0.29) is 25.9 Å². The van der Waals surface area contributed by atoms with Gasteiger partial charge in [0.1, 0.15) is 6.04 Å². The smallest absolute Gasteiger partial charge is 0.326 e. The van der Waals surface area contributed by atoms with Gasteiger partial charge in [0.15, 0.2) is 0 Å². The molecule has 0 aliphatic carbocycles. The van der Waals surface area contributed by atoms with E-state index in [9.17, 15) is 22.8 Å². The van der Waals surface area contributed by atoms with Gasteiger partial charge in [-0.1, -0.05) is 0 Å². The molecule has 0 saturated carbocycles. The molecule has 1 atom stereocenters. The lowest BCUT2D eigenvalue weighted by Gasteiger charge is -2.14. The van der Waals surface area contributed by atoms with Gasteiger partial charge in [0, 0.05) is 19.5 Å². The average molecular weight is 310 g/mol. The molecule has 6 N–H and O–H groups in total.